The van der Waals surface area contributed by atoms with Gasteiger partial charge in [0, 0.05) is 22.9 Å². The second-order valence-corrected chi connectivity index (χ2v) is 4.58. The van der Waals surface area contributed by atoms with Crippen LogP contribution in [-0.4, -0.2) is 23.3 Å². The van der Waals surface area contributed by atoms with Crippen molar-refractivity contribution >= 4 is 38.6 Å². The summed E-state index contributed by atoms with van der Waals surface area (Å²) < 4.78 is 5.41. The first kappa shape index (κ1) is 12.8. The average Bonchev–Trinajstić information content (AvgIpc) is 2.66. The summed E-state index contributed by atoms with van der Waals surface area (Å²) in [6, 6.07) is 7.62. The first-order valence-corrected chi connectivity index (χ1v) is 6.37. The molecule has 94 valence electrons. The molecule has 1 aromatic carbocycles. The van der Waals surface area contributed by atoms with E-state index in [9.17, 15) is 9.59 Å². The first-order chi connectivity index (χ1) is 8.63. The third-order valence-corrected chi connectivity index (χ3v) is 3.28. The van der Waals surface area contributed by atoms with Gasteiger partial charge in [0.1, 0.15) is 0 Å². The third-order valence-electron chi connectivity index (χ3n) is 2.60. The molecular formula is C13H12BrNO3. The van der Waals surface area contributed by atoms with Crippen LogP contribution in [0.2, 0.25) is 0 Å². The lowest BCUT2D eigenvalue weighted by Crippen LogP contribution is -2.19. The van der Waals surface area contributed by atoms with E-state index in [1.165, 1.54) is 0 Å². The molecular weight excluding hydrogens is 298 g/mol. The predicted octanol–water partition coefficient (Wildman–Crippen LogP) is 2.61. The molecule has 4 nitrogen and oxygen atoms in total. The van der Waals surface area contributed by atoms with Gasteiger partial charge in [-0.1, -0.05) is 18.2 Å². The minimum Gasteiger partial charge on any atom is -0.460 e. The molecule has 0 aliphatic rings. The molecule has 18 heavy (non-hydrogen) atoms. The van der Waals surface area contributed by atoms with Crippen molar-refractivity contribution in [3.63, 3.8) is 0 Å². The van der Waals surface area contributed by atoms with Gasteiger partial charge in [-0.2, -0.15) is 0 Å². The molecule has 0 saturated carbocycles. The lowest BCUT2D eigenvalue weighted by Gasteiger charge is -2.01. The second kappa shape index (κ2) is 5.35. The van der Waals surface area contributed by atoms with Crippen LogP contribution in [0.15, 0.2) is 28.9 Å². The molecule has 0 fully saturated rings. The molecule has 0 radical (unpaired) electrons. The summed E-state index contributed by atoms with van der Waals surface area (Å²) in [6.45, 7) is 1.88. The van der Waals surface area contributed by atoms with Crippen molar-refractivity contribution in [1.29, 1.82) is 0 Å². The largest absolute Gasteiger partial charge is 0.460 e. The molecule has 0 saturated heterocycles. The van der Waals surface area contributed by atoms with E-state index in [0.717, 1.165) is 21.1 Å². The van der Waals surface area contributed by atoms with E-state index < -0.39 is 11.8 Å². The summed E-state index contributed by atoms with van der Waals surface area (Å²) in [7, 11) is 0. The van der Waals surface area contributed by atoms with Gasteiger partial charge in [0.2, 0.25) is 5.78 Å². The number of aromatic amines is 1. The molecule has 2 rings (SSSR count). The predicted molar refractivity (Wildman–Crippen MR) is 71.3 cm³/mol. The van der Waals surface area contributed by atoms with Crippen LogP contribution in [0.1, 0.15) is 12.5 Å². The van der Waals surface area contributed by atoms with Gasteiger partial charge in [-0.3, -0.25) is 4.79 Å². The van der Waals surface area contributed by atoms with Crippen LogP contribution in [0.3, 0.4) is 0 Å². The number of ketones is 1. The van der Waals surface area contributed by atoms with Gasteiger partial charge in [0.25, 0.3) is 0 Å². The lowest BCUT2D eigenvalue weighted by atomic mass is 10.1. The lowest BCUT2D eigenvalue weighted by molar-refractivity contribution is -0.153. The normalized spacial score (nSPS) is 10.6. The molecule has 1 heterocycles. The highest BCUT2D eigenvalue weighted by Gasteiger charge is 2.19. The summed E-state index contributed by atoms with van der Waals surface area (Å²) in [5.74, 6) is -1.32. The number of ether oxygens (including phenoxy) is 1. The van der Waals surface area contributed by atoms with E-state index >= 15 is 0 Å². The van der Waals surface area contributed by atoms with Gasteiger partial charge in [-0.15, -0.1) is 0 Å². The number of H-pyrrole nitrogens is 1. The van der Waals surface area contributed by atoms with Gasteiger partial charge < -0.3 is 9.72 Å². The number of carbonyl (C=O) groups is 2. The Labute approximate surface area is 112 Å². The Morgan fingerprint density at radius 3 is 2.78 bits per heavy atom. The highest BCUT2D eigenvalue weighted by molar-refractivity contribution is 9.10. The zero-order valence-corrected chi connectivity index (χ0v) is 11.4. The summed E-state index contributed by atoms with van der Waals surface area (Å²) in [6.07, 6.45) is 0.0312. The van der Waals surface area contributed by atoms with Gasteiger partial charge in [-0.25, -0.2) is 4.79 Å². The number of benzene rings is 1. The molecule has 2 aromatic rings. The SMILES string of the molecule is CCOC(=O)C(=O)Cc1c(Br)[nH]c2ccccc12. The number of rotatable bonds is 4. The Kier molecular flexibility index (Phi) is 3.81. The van der Waals surface area contributed by atoms with Crippen LogP contribution in [0.5, 0.6) is 0 Å². The highest BCUT2D eigenvalue weighted by Crippen LogP contribution is 2.26. The number of aromatic nitrogens is 1. The quantitative estimate of drug-likeness (QED) is 0.697. The van der Waals surface area contributed by atoms with E-state index in [1.807, 2.05) is 24.3 Å². The van der Waals surface area contributed by atoms with Crippen molar-refractivity contribution in [2.45, 2.75) is 13.3 Å². The molecule has 0 bridgehead atoms. The summed E-state index contributed by atoms with van der Waals surface area (Å²) in [4.78, 5) is 26.1. The second-order valence-electron chi connectivity index (χ2n) is 3.78. The van der Waals surface area contributed by atoms with E-state index in [2.05, 4.69) is 20.9 Å². The zero-order chi connectivity index (χ0) is 13.1. The minimum absolute atomic E-state index is 0.0312. The van der Waals surface area contributed by atoms with Crippen LogP contribution in [0.4, 0.5) is 0 Å². The summed E-state index contributed by atoms with van der Waals surface area (Å²) in [5, 5.41) is 0.932. The number of halogens is 1. The number of carbonyl (C=O) groups excluding carboxylic acids is 2. The monoisotopic (exact) mass is 309 g/mol. The van der Waals surface area contributed by atoms with E-state index in [0.29, 0.717) is 0 Å². The number of hydrogen-bond donors (Lipinski definition) is 1. The molecule has 0 unspecified atom stereocenters. The Morgan fingerprint density at radius 2 is 2.06 bits per heavy atom. The maximum Gasteiger partial charge on any atom is 0.374 e. The van der Waals surface area contributed by atoms with Crippen LogP contribution < -0.4 is 0 Å². The Hall–Kier alpha value is -1.62. The molecule has 0 spiro atoms. The minimum atomic E-state index is -0.783. The number of para-hydroxylation sites is 1. The maximum absolute atomic E-state index is 11.7. The van der Waals surface area contributed by atoms with Crippen molar-refractivity contribution in [2.24, 2.45) is 0 Å². The fraction of sp³-hybridized carbons (Fsp3) is 0.231. The summed E-state index contributed by atoms with van der Waals surface area (Å²) in [5.41, 5.74) is 1.71. The highest BCUT2D eigenvalue weighted by atomic mass is 79.9. The van der Waals surface area contributed by atoms with Crippen molar-refractivity contribution in [3.05, 3.63) is 34.4 Å². The molecule has 0 aliphatic carbocycles. The molecule has 5 heteroatoms. The van der Waals surface area contributed by atoms with Gasteiger partial charge in [0.15, 0.2) is 0 Å². The summed E-state index contributed by atoms with van der Waals surface area (Å²) >= 11 is 3.37. The molecule has 0 aliphatic heterocycles. The average molecular weight is 310 g/mol. The molecule has 0 atom stereocenters. The topological polar surface area (TPSA) is 59.2 Å². The number of hydrogen-bond acceptors (Lipinski definition) is 3. The number of fused-ring (bicyclic) bond motifs is 1. The van der Waals surface area contributed by atoms with Gasteiger partial charge >= 0.3 is 5.97 Å². The van der Waals surface area contributed by atoms with Crippen molar-refractivity contribution in [1.82, 2.24) is 4.98 Å². The Bertz CT molecular complexity index is 603. The zero-order valence-electron chi connectivity index (χ0n) is 9.83. The van der Waals surface area contributed by atoms with Crippen LogP contribution in [0, 0.1) is 0 Å². The molecule has 1 aromatic heterocycles. The fourth-order valence-corrected chi connectivity index (χ4v) is 2.35. The van der Waals surface area contributed by atoms with Crippen LogP contribution >= 0.6 is 15.9 Å². The van der Waals surface area contributed by atoms with Gasteiger partial charge in [0.05, 0.1) is 11.2 Å². The Balaban J connectivity index is 2.29. The molecule has 0 amide bonds. The first-order valence-electron chi connectivity index (χ1n) is 5.58. The fourth-order valence-electron chi connectivity index (χ4n) is 1.78. The maximum atomic E-state index is 11.7. The van der Waals surface area contributed by atoms with Crippen LogP contribution in [0.25, 0.3) is 10.9 Å². The van der Waals surface area contributed by atoms with Crippen molar-refractivity contribution in [3.8, 4) is 0 Å². The van der Waals surface area contributed by atoms with Crippen LogP contribution in [-0.2, 0) is 20.7 Å². The third kappa shape index (κ3) is 2.46. The van der Waals surface area contributed by atoms with E-state index in [4.69, 9.17) is 4.74 Å². The Morgan fingerprint density at radius 1 is 1.33 bits per heavy atom. The number of nitrogens with one attached hydrogen (secondary N) is 1. The number of Topliss-reactive ketones (excluding diaryl/α,β-unsaturated/α-hetero) is 1. The van der Waals surface area contributed by atoms with E-state index in [-0.39, 0.29) is 13.0 Å². The number of esters is 1. The van der Waals surface area contributed by atoms with Crippen molar-refractivity contribution < 1.29 is 14.3 Å². The molecule has 1 N–H and O–H groups in total. The smallest absolute Gasteiger partial charge is 0.374 e. The van der Waals surface area contributed by atoms with E-state index in [1.54, 1.807) is 6.92 Å². The van der Waals surface area contributed by atoms with Crippen molar-refractivity contribution in [2.75, 3.05) is 6.61 Å². The standard InChI is InChI=1S/C13H12BrNO3/c1-2-18-13(17)11(16)7-9-8-5-3-4-6-10(8)15-12(9)14/h3-6,15H,2,7H2,1H3. The van der Waals surface area contributed by atoms with Gasteiger partial charge in [-0.05, 0) is 28.9 Å².